The van der Waals surface area contributed by atoms with Crippen LogP contribution < -0.4 is 4.90 Å². The van der Waals surface area contributed by atoms with Gasteiger partial charge in [0.15, 0.2) is 5.78 Å². The molecule has 0 amide bonds. The van der Waals surface area contributed by atoms with Gasteiger partial charge >= 0.3 is 5.97 Å². The van der Waals surface area contributed by atoms with Crippen LogP contribution in [0, 0.1) is 23.1 Å². The third-order valence-corrected chi connectivity index (χ3v) is 8.64. The van der Waals surface area contributed by atoms with Crippen LogP contribution in [0.4, 0.5) is 10.2 Å². The molecule has 1 spiro atoms. The van der Waals surface area contributed by atoms with E-state index in [-0.39, 0.29) is 28.9 Å². The van der Waals surface area contributed by atoms with Crippen molar-refractivity contribution in [2.75, 3.05) is 19.0 Å². The van der Waals surface area contributed by atoms with E-state index < -0.39 is 5.97 Å². The molecule has 6 nitrogen and oxygen atoms in total. The lowest BCUT2D eigenvalue weighted by Gasteiger charge is -2.56. The molecule has 2 heterocycles. The number of benzene rings is 2. The number of hydrogen-bond donors (Lipinski definition) is 1. The molecule has 39 heavy (non-hydrogen) atoms. The van der Waals surface area contributed by atoms with Gasteiger partial charge in [-0.15, -0.1) is 0 Å². The van der Waals surface area contributed by atoms with E-state index in [2.05, 4.69) is 35.3 Å². The summed E-state index contributed by atoms with van der Waals surface area (Å²) in [5.74, 6) is -0.0789. The lowest BCUT2D eigenvalue weighted by atomic mass is 9.47. The fourth-order valence-corrected chi connectivity index (χ4v) is 6.66. The number of aromatic nitrogens is 2. The fraction of sp³-hybridized carbons (Fsp3) is 0.344. The van der Waals surface area contributed by atoms with E-state index in [9.17, 15) is 19.1 Å². The molecule has 1 N–H and O–H groups in total. The van der Waals surface area contributed by atoms with Crippen molar-refractivity contribution >= 4 is 28.5 Å². The number of pyridine rings is 1. The maximum absolute atomic E-state index is 14.7. The zero-order chi connectivity index (χ0) is 27.3. The van der Waals surface area contributed by atoms with E-state index in [1.807, 2.05) is 35.8 Å². The molecule has 0 radical (unpaired) electrons. The Hall–Kier alpha value is -4.00. The first kappa shape index (κ1) is 25.3. The molecule has 0 unspecified atom stereocenters. The second-order valence-electron chi connectivity index (χ2n) is 11.6. The number of carboxylic acid groups (broad SMARTS) is 1. The summed E-state index contributed by atoms with van der Waals surface area (Å²) < 4.78 is 16.7. The monoisotopic (exact) mass is 525 g/mol. The number of rotatable bonds is 8. The zero-order valence-electron chi connectivity index (χ0n) is 22.2. The smallest absolute Gasteiger partial charge is 0.306 e. The molecule has 6 rings (SSSR count). The van der Waals surface area contributed by atoms with Gasteiger partial charge in [-0.1, -0.05) is 24.3 Å². The second-order valence-corrected chi connectivity index (χ2v) is 11.6. The van der Waals surface area contributed by atoms with E-state index in [0.29, 0.717) is 29.4 Å². The molecular formula is C32H32FN3O3. The Labute approximate surface area is 227 Å². The highest BCUT2D eigenvalue weighted by atomic mass is 19.1. The summed E-state index contributed by atoms with van der Waals surface area (Å²) in [5.41, 5.74) is 4.54. The minimum atomic E-state index is -0.708. The molecule has 4 aromatic rings. The normalized spacial score (nSPS) is 21.9. The number of nitrogens with zero attached hydrogens (tertiary/aromatic N) is 3. The fourth-order valence-electron chi connectivity index (χ4n) is 6.66. The third-order valence-electron chi connectivity index (χ3n) is 8.64. The summed E-state index contributed by atoms with van der Waals surface area (Å²) in [6.07, 6.45) is 7.35. The number of hydrogen-bond acceptors (Lipinski definition) is 4. The summed E-state index contributed by atoms with van der Waals surface area (Å²) in [4.78, 5) is 30.9. The van der Waals surface area contributed by atoms with Crippen molar-refractivity contribution in [1.82, 2.24) is 9.55 Å². The van der Waals surface area contributed by atoms with Gasteiger partial charge in [0.05, 0.1) is 11.4 Å². The Kier molecular flexibility index (Phi) is 6.25. The first-order valence-electron chi connectivity index (χ1n) is 13.5. The largest absolute Gasteiger partial charge is 0.481 e. The van der Waals surface area contributed by atoms with Crippen LogP contribution in [0.3, 0.4) is 0 Å². The Balaban J connectivity index is 1.19. The highest BCUT2D eigenvalue weighted by Gasteiger charge is 2.54. The maximum Gasteiger partial charge on any atom is 0.306 e. The average Bonchev–Trinajstić information content (AvgIpc) is 3.29. The summed E-state index contributed by atoms with van der Waals surface area (Å²) in [7, 11) is 3.93. The highest BCUT2D eigenvalue weighted by molar-refractivity contribution is 6.07. The van der Waals surface area contributed by atoms with Crippen molar-refractivity contribution in [3.63, 3.8) is 0 Å². The maximum atomic E-state index is 14.7. The van der Waals surface area contributed by atoms with E-state index in [1.165, 1.54) is 6.07 Å². The Morgan fingerprint density at radius 3 is 2.46 bits per heavy atom. The number of carbonyl (C=O) groups is 2. The minimum Gasteiger partial charge on any atom is -0.481 e. The van der Waals surface area contributed by atoms with E-state index in [0.717, 1.165) is 48.2 Å². The Bertz CT molecular complexity index is 1560. The van der Waals surface area contributed by atoms with Crippen LogP contribution in [-0.4, -0.2) is 40.5 Å². The number of halogens is 1. The van der Waals surface area contributed by atoms with Crippen LogP contribution in [0.25, 0.3) is 22.0 Å². The van der Waals surface area contributed by atoms with Crippen LogP contribution >= 0.6 is 0 Å². The third kappa shape index (κ3) is 4.71. The van der Waals surface area contributed by atoms with E-state index in [4.69, 9.17) is 0 Å². The van der Waals surface area contributed by atoms with Crippen molar-refractivity contribution in [2.45, 2.75) is 38.6 Å². The highest BCUT2D eigenvalue weighted by Crippen LogP contribution is 2.62. The first-order chi connectivity index (χ1) is 18.7. The minimum absolute atomic E-state index is 0.0265. The van der Waals surface area contributed by atoms with Crippen LogP contribution in [0.5, 0.6) is 0 Å². The Morgan fingerprint density at radius 2 is 1.77 bits per heavy atom. The molecule has 0 atom stereocenters. The first-order valence-corrected chi connectivity index (χ1v) is 13.5. The molecule has 2 aromatic carbocycles. The van der Waals surface area contributed by atoms with Gasteiger partial charge in [-0.25, -0.2) is 9.37 Å². The average molecular weight is 526 g/mol. The van der Waals surface area contributed by atoms with Gasteiger partial charge < -0.3 is 14.6 Å². The van der Waals surface area contributed by atoms with Gasteiger partial charge in [0.2, 0.25) is 0 Å². The van der Waals surface area contributed by atoms with Gasteiger partial charge in [0.1, 0.15) is 11.6 Å². The topological polar surface area (TPSA) is 75.4 Å². The van der Waals surface area contributed by atoms with Crippen LogP contribution in [0.2, 0.25) is 0 Å². The number of carboxylic acids is 1. The predicted octanol–water partition coefficient (Wildman–Crippen LogP) is 6.42. The quantitative estimate of drug-likeness (QED) is 0.269. The second kappa shape index (κ2) is 9.63. The zero-order valence-corrected chi connectivity index (χ0v) is 22.2. The van der Waals surface area contributed by atoms with E-state index >= 15 is 0 Å². The molecule has 2 aliphatic rings. The molecule has 2 aliphatic carbocycles. The number of Topliss-reactive ketones (excluding diaryl/α,β-unsaturated/α-hetero) is 1. The van der Waals surface area contributed by atoms with Crippen molar-refractivity contribution in [1.29, 1.82) is 0 Å². The van der Waals surface area contributed by atoms with Crippen molar-refractivity contribution in [3.05, 3.63) is 83.9 Å². The molecule has 0 saturated heterocycles. The van der Waals surface area contributed by atoms with Crippen molar-refractivity contribution in [2.24, 2.45) is 17.3 Å². The molecular weight excluding hydrogens is 493 g/mol. The van der Waals surface area contributed by atoms with Gasteiger partial charge in [-0.3, -0.25) is 9.59 Å². The number of fused-ring (bicyclic) bond motifs is 1. The SMILES string of the molecule is CN(C)c1cc(-c2ccc(Cn3ccc4c(F)ccc(C(=O)CC5CC6(C5)CC(C(=O)O)C6)c43)cc2)ccn1. The van der Waals surface area contributed by atoms with Crippen molar-refractivity contribution < 1.29 is 19.1 Å². The van der Waals surface area contributed by atoms with Gasteiger partial charge in [0.25, 0.3) is 0 Å². The lowest BCUT2D eigenvalue weighted by Crippen LogP contribution is -2.50. The number of aliphatic carboxylic acids is 1. The molecule has 0 aliphatic heterocycles. The molecule has 2 aromatic heterocycles. The Morgan fingerprint density at radius 1 is 1.03 bits per heavy atom. The number of carbonyl (C=O) groups excluding carboxylic acids is 1. The summed E-state index contributed by atoms with van der Waals surface area (Å²) in [6.45, 7) is 0.524. The molecule has 200 valence electrons. The van der Waals surface area contributed by atoms with Crippen LogP contribution in [-0.2, 0) is 11.3 Å². The number of ketones is 1. The van der Waals surface area contributed by atoms with Gasteiger partial charge in [-0.05, 0) is 84.0 Å². The predicted molar refractivity (Wildman–Crippen MR) is 149 cm³/mol. The summed E-state index contributed by atoms with van der Waals surface area (Å²) >= 11 is 0. The van der Waals surface area contributed by atoms with Crippen molar-refractivity contribution in [3.8, 4) is 11.1 Å². The molecule has 7 heteroatoms. The standard InChI is InChI=1S/C32H32FN3O3/c1-35(2)29-14-23(9-11-34-29)22-5-3-20(4-6-22)19-36-12-10-25-27(33)8-7-26(30(25)36)28(37)13-21-15-32(16-21)17-24(18-32)31(38)39/h3-12,14,21,24H,13,15-19H2,1-2H3,(H,38,39). The molecule has 2 saturated carbocycles. The summed E-state index contributed by atoms with van der Waals surface area (Å²) in [6, 6.07) is 17.1. The van der Waals surface area contributed by atoms with Gasteiger partial charge in [-0.2, -0.15) is 0 Å². The lowest BCUT2D eigenvalue weighted by molar-refractivity contribution is -0.157. The number of anilines is 1. The molecule has 0 bridgehead atoms. The summed E-state index contributed by atoms with van der Waals surface area (Å²) in [5, 5.41) is 9.64. The van der Waals surface area contributed by atoms with Gasteiger partial charge in [0, 0.05) is 50.4 Å². The molecule has 2 fully saturated rings. The van der Waals surface area contributed by atoms with E-state index in [1.54, 1.807) is 18.3 Å². The van der Waals surface area contributed by atoms with Crippen LogP contribution in [0.15, 0.2) is 67.0 Å². The van der Waals surface area contributed by atoms with Crippen LogP contribution in [0.1, 0.15) is 48.0 Å².